The highest BCUT2D eigenvalue weighted by Crippen LogP contribution is 2.16. The van der Waals surface area contributed by atoms with E-state index in [0.29, 0.717) is 5.69 Å². The summed E-state index contributed by atoms with van der Waals surface area (Å²) >= 11 is 0. The minimum absolute atomic E-state index is 0.236. The summed E-state index contributed by atoms with van der Waals surface area (Å²) in [6.07, 6.45) is 0.799. The molecule has 0 spiro atoms. The lowest BCUT2D eigenvalue weighted by atomic mass is 10.2. The van der Waals surface area contributed by atoms with E-state index in [1.54, 1.807) is 24.3 Å². The number of nitrogens with zero attached hydrogens (tertiary/aromatic N) is 1. The molecule has 1 aromatic carbocycles. The molecule has 1 rings (SSSR count). The van der Waals surface area contributed by atoms with Crippen molar-refractivity contribution in [1.82, 2.24) is 0 Å². The average Bonchev–Trinajstić information content (AvgIpc) is 2.33. The third-order valence-corrected chi connectivity index (χ3v) is 3.57. The maximum atomic E-state index is 12.0. The van der Waals surface area contributed by atoms with Crippen LogP contribution in [0, 0.1) is 6.92 Å². The number of sulfone groups is 1. The number of carbonyl (C=O) groups is 2. The molecular formula is C13H17NO5S. The lowest BCUT2D eigenvalue weighted by molar-refractivity contribution is -0.136. The van der Waals surface area contributed by atoms with Gasteiger partial charge in [0.25, 0.3) is 0 Å². The van der Waals surface area contributed by atoms with E-state index in [1.165, 1.54) is 0 Å². The Labute approximate surface area is 117 Å². The molecule has 1 amide bonds. The molecule has 0 heterocycles. The number of aryl methyl sites for hydroxylation is 1. The number of amides is 1. The Morgan fingerprint density at radius 1 is 1.20 bits per heavy atom. The van der Waals surface area contributed by atoms with Gasteiger partial charge in [0.05, 0.1) is 5.75 Å². The van der Waals surface area contributed by atoms with Crippen molar-refractivity contribution in [2.45, 2.75) is 13.3 Å². The van der Waals surface area contributed by atoms with E-state index in [4.69, 9.17) is 5.11 Å². The van der Waals surface area contributed by atoms with Crippen LogP contribution in [0.4, 0.5) is 5.69 Å². The van der Waals surface area contributed by atoms with Gasteiger partial charge in [-0.05, 0) is 19.1 Å². The van der Waals surface area contributed by atoms with Gasteiger partial charge in [0, 0.05) is 18.4 Å². The number of rotatable bonds is 6. The van der Waals surface area contributed by atoms with Crippen LogP contribution in [0.3, 0.4) is 0 Å². The molecule has 0 aliphatic heterocycles. The molecular weight excluding hydrogens is 282 g/mol. The second-order valence-electron chi connectivity index (χ2n) is 4.59. The van der Waals surface area contributed by atoms with E-state index in [2.05, 4.69) is 0 Å². The van der Waals surface area contributed by atoms with Gasteiger partial charge in [-0.25, -0.2) is 8.42 Å². The van der Waals surface area contributed by atoms with Crippen LogP contribution in [0.15, 0.2) is 24.3 Å². The molecule has 20 heavy (non-hydrogen) atoms. The highest BCUT2D eigenvalue weighted by atomic mass is 32.2. The molecule has 0 bridgehead atoms. The predicted molar refractivity (Wildman–Crippen MR) is 75.5 cm³/mol. The summed E-state index contributed by atoms with van der Waals surface area (Å²) in [7, 11) is -3.27. The average molecular weight is 299 g/mol. The quantitative estimate of drug-likeness (QED) is 0.840. The highest BCUT2D eigenvalue weighted by molar-refractivity contribution is 7.90. The monoisotopic (exact) mass is 299 g/mol. The predicted octanol–water partition coefficient (Wildman–Crippen LogP) is 0.847. The maximum Gasteiger partial charge on any atom is 0.323 e. The molecule has 0 fully saturated rings. The fourth-order valence-electron chi connectivity index (χ4n) is 1.59. The van der Waals surface area contributed by atoms with Gasteiger partial charge in [-0.1, -0.05) is 17.7 Å². The topological polar surface area (TPSA) is 91.8 Å². The maximum absolute atomic E-state index is 12.0. The number of carboxylic acids is 1. The molecule has 0 aliphatic rings. The summed E-state index contributed by atoms with van der Waals surface area (Å²) < 4.78 is 22.1. The van der Waals surface area contributed by atoms with Gasteiger partial charge in [-0.2, -0.15) is 0 Å². The van der Waals surface area contributed by atoms with Crippen molar-refractivity contribution in [3.63, 3.8) is 0 Å². The van der Waals surface area contributed by atoms with Crippen molar-refractivity contribution >= 4 is 27.4 Å². The number of anilines is 1. The number of aliphatic carboxylic acids is 1. The Morgan fingerprint density at radius 3 is 2.20 bits per heavy atom. The first kappa shape index (κ1) is 16.2. The zero-order valence-corrected chi connectivity index (χ0v) is 12.2. The Morgan fingerprint density at radius 2 is 1.75 bits per heavy atom. The van der Waals surface area contributed by atoms with E-state index in [1.807, 2.05) is 6.92 Å². The number of carboxylic acid groups (broad SMARTS) is 1. The van der Waals surface area contributed by atoms with Crippen LogP contribution in [0.1, 0.15) is 12.0 Å². The Kier molecular flexibility index (Phi) is 5.26. The van der Waals surface area contributed by atoms with Crippen LogP contribution in [-0.4, -0.2) is 44.0 Å². The standard InChI is InChI=1S/C13H17NO5S/c1-10-3-5-11(6-4-10)14(9-13(16)17)12(15)7-8-20(2,18)19/h3-6H,7-9H2,1-2H3,(H,16,17). The van der Waals surface area contributed by atoms with Gasteiger partial charge < -0.3 is 10.0 Å². The zero-order chi connectivity index (χ0) is 15.3. The van der Waals surface area contributed by atoms with Crippen molar-refractivity contribution in [2.24, 2.45) is 0 Å². The number of hydrogen-bond donors (Lipinski definition) is 1. The van der Waals surface area contributed by atoms with Crippen LogP contribution in [0.25, 0.3) is 0 Å². The summed E-state index contributed by atoms with van der Waals surface area (Å²) in [5, 5.41) is 8.86. The third-order valence-electron chi connectivity index (χ3n) is 2.63. The minimum atomic E-state index is -3.27. The Hall–Kier alpha value is -1.89. The lowest BCUT2D eigenvalue weighted by Crippen LogP contribution is -2.36. The minimum Gasteiger partial charge on any atom is -0.480 e. The van der Waals surface area contributed by atoms with Crippen LogP contribution >= 0.6 is 0 Å². The molecule has 1 aromatic rings. The molecule has 6 nitrogen and oxygen atoms in total. The van der Waals surface area contributed by atoms with Crippen molar-refractivity contribution < 1.29 is 23.1 Å². The number of carbonyl (C=O) groups excluding carboxylic acids is 1. The van der Waals surface area contributed by atoms with Gasteiger partial charge in [-0.3, -0.25) is 9.59 Å². The molecule has 0 saturated heterocycles. The molecule has 0 saturated carbocycles. The Bertz CT molecular complexity index is 592. The fraction of sp³-hybridized carbons (Fsp3) is 0.385. The summed E-state index contributed by atoms with van der Waals surface area (Å²) in [6.45, 7) is 1.38. The summed E-state index contributed by atoms with van der Waals surface area (Å²) in [5.41, 5.74) is 1.42. The van der Waals surface area contributed by atoms with Crippen molar-refractivity contribution in [3.05, 3.63) is 29.8 Å². The van der Waals surface area contributed by atoms with Gasteiger partial charge in [0.2, 0.25) is 5.91 Å². The first-order valence-electron chi connectivity index (χ1n) is 5.95. The summed E-state index contributed by atoms with van der Waals surface area (Å²) in [5.74, 6) is -1.98. The van der Waals surface area contributed by atoms with Crippen molar-refractivity contribution in [2.75, 3.05) is 23.5 Å². The van der Waals surface area contributed by atoms with Gasteiger partial charge in [0.1, 0.15) is 16.4 Å². The molecule has 110 valence electrons. The third kappa shape index (κ3) is 5.40. The second kappa shape index (κ2) is 6.51. The van der Waals surface area contributed by atoms with Crippen LogP contribution < -0.4 is 4.90 Å². The first-order valence-corrected chi connectivity index (χ1v) is 8.01. The smallest absolute Gasteiger partial charge is 0.323 e. The molecule has 0 radical (unpaired) electrons. The summed E-state index contributed by atoms with van der Waals surface area (Å²) in [6, 6.07) is 6.79. The van der Waals surface area contributed by atoms with E-state index in [0.717, 1.165) is 16.7 Å². The van der Waals surface area contributed by atoms with E-state index >= 15 is 0 Å². The SMILES string of the molecule is Cc1ccc(N(CC(=O)O)C(=O)CCS(C)(=O)=O)cc1. The van der Waals surface area contributed by atoms with Crippen LogP contribution in [-0.2, 0) is 19.4 Å². The molecule has 0 unspecified atom stereocenters. The van der Waals surface area contributed by atoms with E-state index in [-0.39, 0.29) is 12.2 Å². The molecule has 0 atom stereocenters. The van der Waals surface area contributed by atoms with E-state index < -0.39 is 28.3 Å². The molecule has 7 heteroatoms. The van der Waals surface area contributed by atoms with Crippen molar-refractivity contribution in [1.29, 1.82) is 0 Å². The molecule has 0 aromatic heterocycles. The zero-order valence-electron chi connectivity index (χ0n) is 11.4. The number of hydrogen-bond acceptors (Lipinski definition) is 4. The van der Waals surface area contributed by atoms with E-state index in [9.17, 15) is 18.0 Å². The molecule has 0 aliphatic carbocycles. The molecule has 1 N–H and O–H groups in total. The van der Waals surface area contributed by atoms with Gasteiger partial charge in [0.15, 0.2) is 0 Å². The second-order valence-corrected chi connectivity index (χ2v) is 6.85. The van der Waals surface area contributed by atoms with Crippen LogP contribution in [0.2, 0.25) is 0 Å². The van der Waals surface area contributed by atoms with Crippen LogP contribution in [0.5, 0.6) is 0 Å². The highest BCUT2D eigenvalue weighted by Gasteiger charge is 2.20. The first-order chi connectivity index (χ1) is 9.19. The summed E-state index contributed by atoms with van der Waals surface area (Å²) in [4.78, 5) is 23.9. The van der Waals surface area contributed by atoms with Gasteiger partial charge in [-0.15, -0.1) is 0 Å². The van der Waals surface area contributed by atoms with Gasteiger partial charge >= 0.3 is 5.97 Å². The Balaban J connectivity index is 2.91. The van der Waals surface area contributed by atoms with Crippen molar-refractivity contribution in [3.8, 4) is 0 Å². The largest absolute Gasteiger partial charge is 0.480 e. The normalized spacial score (nSPS) is 11.1. The lowest BCUT2D eigenvalue weighted by Gasteiger charge is -2.21. The number of benzene rings is 1. The fourth-order valence-corrected chi connectivity index (χ4v) is 2.14.